The highest BCUT2D eigenvalue weighted by atomic mass is 32.2. The molecule has 5 nitrogen and oxygen atoms in total. The van der Waals surface area contributed by atoms with Crippen LogP contribution in [0.2, 0.25) is 0 Å². The predicted octanol–water partition coefficient (Wildman–Crippen LogP) is 5.40. The van der Waals surface area contributed by atoms with Gasteiger partial charge in [-0.05, 0) is 55.3 Å². The van der Waals surface area contributed by atoms with E-state index in [1.165, 1.54) is 31.2 Å². The summed E-state index contributed by atoms with van der Waals surface area (Å²) < 4.78 is 112. The van der Waals surface area contributed by atoms with Gasteiger partial charge in [-0.15, -0.1) is 0 Å². The van der Waals surface area contributed by atoms with Crippen LogP contribution in [0.25, 0.3) is 5.57 Å². The lowest BCUT2D eigenvalue weighted by molar-refractivity contribution is -0.147. The molecule has 2 aromatic carbocycles. The number of halogens is 6. The van der Waals surface area contributed by atoms with Gasteiger partial charge in [0, 0.05) is 12.6 Å². The van der Waals surface area contributed by atoms with Gasteiger partial charge in [0.1, 0.15) is 6.04 Å². The number of rotatable bonds is 5. The minimum atomic E-state index is -5.08. The summed E-state index contributed by atoms with van der Waals surface area (Å²) in [6.45, 7) is 3.09. The zero-order chi connectivity index (χ0) is 25.5. The van der Waals surface area contributed by atoms with Gasteiger partial charge in [0.05, 0.1) is 22.6 Å². The first-order valence-corrected chi connectivity index (χ1v) is 11.4. The van der Waals surface area contributed by atoms with E-state index >= 15 is 0 Å². The topological polar surface area (TPSA) is 63.7 Å². The van der Waals surface area contributed by atoms with Gasteiger partial charge < -0.3 is 4.74 Å². The Kier molecular flexibility index (Phi) is 6.75. The maximum atomic E-state index is 13.3. The number of carbonyl (C=O) groups is 1. The molecule has 0 fully saturated rings. The molecule has 3 rings (SSSR count). The Morgan fingerprint density at radius 2 is 1.53 bits per heavy atom. The fraction of sp³-hybridized carbons (Fsp3) is 0.318. The molecular weight excluding hydrogens is 488 g/mol. The normalized spacial score (nSPS) is 17.0. The van der Waals surface area contributed by atoms with Gasteiger partial charge in [0.25, 0.3) is 10.0 Å². The van der Waals surface area contributed by atoms with Crippen LogP contribution in [0.15, 0.2) is 53.6 Å². The maximum Gasteiger partial charge on any atom is 0.416 e. The number of nitrogens with zero attached hydrogens (tertiary/aromatic N) is 1. The Labute approximate surface area is 191 Å². The van der Waals surface area contributed by atoms with Crippen LogP contribution in [0.4, 0.5) is 26.3 Å². The molecule has 12 heteroatoms. The second kappa shape index (κ2) is 8.97. The van der Waals surface area contributed by atoms with E-state index < -0.39 is 57.5 Å². The third-order valence-electron chi connectivity index (χ3n) is 5.12. The van der Waals surface area contributed by atoms with Crippen LogP contribution in [0, 0.1) is 6.92 Å². The average Bonchev–Trinajstić information content (AvgIpc) is 3.19. The van der Waals surface area contributed by atoms with Crippen LogP contribution in [-0.2, 0) is 31.9 Å². The third-order valence-corrected chi connectivity index (χ3v) is 6.90. The lowest BCUT2D eigenvalue weighted by Gasteiger charge is -2.23. The molecule has 34 heavy (non-hydrogen) atoms. The summed E-state index contributed by atoms with van der Waals surface area (Å²) in [4.78, 5) is 12.3. The summed E-state index contributed by atoms with van der Waals surface area (Å²) in [6.07, 6.45) is -9.75. The summed E-state index contributed by atoms with van der Waals surface area (Å²) >= 11 is 0. The number of alkyl halides is 6. The van der Waals surface area contributed by atoms with Crippen molar-refractivity contribution in [2.75, 3.05) is 6.61 Å². The molecular formula is C22H19F6NO4S. The molecule has 0 spiro atoms. The Morgan fingerprint density at radius 1 is 1.00 bits per heavy atom. The van der Waals surface area contributed by atoms with Gasteiger partial charge in [-0.1, -0.05) is 17.7 Å². The fourth-order valence-corrected chi connectivity index (χ4v) is 4.91. The van der Waals surface area contributed by atoms with E-state index in [1.807, 2.05) is 0 Å². The number of esters is 1. The molecule has 0 bridgehead atoms. The van der Waals surface area contributed by atoms with Crippen LogP contribution in [0.3, 0.4) is 0 Å². The van der Waals surface area contributed by atoms with Crippen LogP contribution >= 0.6 is 0 Å². The number of aryl methyl sites for hydroxylation is 1. The van der Waals surface area contributed by atoms with Gasteiger partial charge in [-0.3, -0.25) is 4.31 Å². The van der Waals surface area contributed by atoms with Crippen molar-refractivity contribution in [3.8, 4) is 0 Å². The molecule has 0 aliphatic carbocycles. The molecule has 0 amide bonds. The predicted molar refractivity (Wildman–Crippen MR) is 110 cm³/mol. The molecule has 2 aromatic rings. The van der Waals surface area contributed by atoms with E-state index in [2.05, 4.69) is 0 Å². The number of benzene rings is 2. The number of sulfonamides is 1. The van der Waals surface area contributed by atoms with Crippen molar-refractivity contribution in [1.82, 2.24) is 4.31 Å². The van der Waals surface area contributed by atoms with Gasteiger partial charge in [0.15, 0.2) is 0 Å². The molecule has 1 aliphatic heterocycles. The summed E-state index contributed by atoms with van der Waals surface area (Å²) in [6, 6.07) is 5.05. The van der Waals surface area contributed by atoms with E-state index in [4.69, 9.17) is 4.74 Å². The first-order chi connectivity index (χ1) is 15.6. The summed E-state index contributed by atoms with van der Waals surface area (Å²) in [7, 11) is -4.37. The first kappa shape index (κ1) is 25.6. The zero-order valence-corrected chi connectivity index (χ0v) is 18.7. The quantitative estimate of drug-likeness (QED) is 0.402. The lowest BCUT2D eigenvalue weighted by atomic mass is 9.97. The standard InChI is InChI=1S/C22H19F6NO4S/c1-3-33-20(30)19-10-15(12-29(19)34(31,32)18-6-4-13(2)5-7-18)14-8-16(21(23,24)25)11-17(9-14)22(26,27)28/h4-9,11-12,19H,3,10H2,1-2H3/t19-/m0/s1. The van der Waals surface area contributed by atoms with E-state index in [0.717, 1.165) is 11.8 Å². The van der Waals surface area contributed by atoms with Crippen molar-refractivity contribution < 1.29 is 44.3 Å². The molecule has 0 saturated carbocycles. The molecule has 0 unspecified atom stereocenters. The second-order valence-electron chi connectivity index (χ2n) is 7.57. The summed E-state index contributed by atoms with van der Waals surface area (Å²) in [5, 5.41) is 0. The monoisotopic (exact) mass is 507 g/mol. The van der Waals surface area contributed by atoms with Crippen LogP contribution < -0.4 is 0 Å². The van der Waals surface area contributed by atoms with E-state index in [0.29, 0.717) is 16.4 Å². The van der Waals surface area contributed by atoms with Crippen molar-refractivity contribution in [2.45, 2.75) is 43.6 Å². The average molecular weight is 507 g/mol. The van der Waals surface area contributed by atoms with E-state index in [-0.39, 0.29) is 23.1 Å². The largest absolute Gasteiger partial charge is 0.464 e. The Hall–Kier alpha value is -3.02. The van der Waals surface area contributed by atoms with Gasteiger partial charge in [-0.2, -0.15) is 26.3 Å². The van der Waals surface area contributed by atoms with Crippen molar-refractivity contribution in [3.63, 3.8) is 0 Å². The Morgan fingerprint density at radius 3 is 2.00 bits per heavy atom. The van der Waals surface area contributed by atoms with Crippen molar-refractivity contribution in [2.24, 2.45) is 0 Å². The maximum absolute atomic E-state index is 13.3. The number of carbonyl (C=O) groups excluding carboxylic acids is 1. The summed E-state index contributed by atoms with van der Waals surface area (Å²) in [5.74, 6) is -0.979. The Bertz CT molecular complexity index is 1190. The molecule has 1 heterocycles. The van der Waals surface area contributed by atoms with Gasteiger partial charge in [-0.25, -0.2) is 13.2 Å². The van der Waals surface area contributed by atoms with Gasteiger partial charge >= 0.3 is 18.3 Å². The van der Waals surface area contributed by atoms with Crippen LogP contribution in [0.5, 0.6) is 0 Å². The van der Waals surface area contributed by atoms with Gasteiger partial charge in [0.2, 0.25) is 0 Å². The molecule has 184 valence electrons. The van der Waals surface area contributed by atoms with Crippen LogP contribution in [0.1, 0.15) is 35.6 Å². The molecule has 0 radical (unpaired) electrons. The molecule has 0 aromatic heterocycles. The highest BCUT2D eigenvalue weighted by Gasteiger charge is 2.42. The van der Waals surface area contributed by atoms with Crippen molar-refractivity contribution in [1.29, 1.82) is 0 Å². The highest BCUT2D eigenvalue weighted by molar-refractivity contribution is 7.89. The van der Waals surface area contributed by atoms with Crippen molar-refractivity contribution in [3.05, 3.63) is 70.9 Å². The number of hydrogen-bond acceptors (Lipinski definition) is 4. The zero-order valence-electron chi connectivity index (χ0n) is 17.9. The first-order valence-electron chi connectivity index (χ1n) is 9.92. The van der Waals surface area contributed by atoms with Crippen molar-refractivity contribution >= 4 is 21.6 Å². The molecule has 0 saturated heterocycles. The third kappa shape index (κ3) is 5.21. The molecule has 0 N–H and O–H groups in total. The minimum Gasteiger partial charge on any atom is -0.464 e. The smallest absolute Gasteiger partial charge is 0.416 e. The minimum absolute atomic E-state index is 0.0251. The molecule has 1 aliphatic rings. The Balaban J connectivity index is 2.15. The highest BCUT2D eigenvalue weighted by Crippen LogP contribution is 2.41. The second-order valence-corrected chi connectivity index (χ2v) is 9.41. The van der Waals surface area contributed by atoms with Crippen LogP contribution in [-0.4, -0.2) is 31.3 Å². The summed E-state index contributed by atoms with van der Waals surface area (Å²) in [5.41, 5.74) is -3.04. The fourth-order valence-electron chi connectivity index (χ4n) is 3.42. The number of hydrogen-bond donors (Lipinski definition) is 0. The lowest BCUT2D eigenvalue weighted by Crippen LogP contribution is -2.39. The molecule has 1 atom stereocenters. The SMILES string of the molecule is CCOC(=O)[C@@H]1CC(c2cc(C(F)(F)F)cc(C(F)(F)F)c2)=CN1S(=O)(=O)c1ccc(C)cc1. The number of ether oxygens (including phenoxy) is 1. The van der Waals surface area contributed by atoms with E-state index in [1.54, 1.807) is 6.92 Å². The van der Waals surface area contributed by atoms with E-state index in [9.17, 15) is 39.6 Å².